The van der Waals surface area contributed by atoms with E-state index < -0.39 is 5.97 Å². The standard InChI is InChI=1S/C15H26O3/c1-2-8-14-9-10-16-15(17-11-14,18-12-14)13-6-4-3-5-7-13/h13H,2-12H2,1H3. The molecule has 0 radical (unpaired) electrons. The molecular formula is C15H26O3. The van der Waals surface area contributed by atoms with Crippen molar-refractivity contribution in [3.05, 3.63) is 0 Å². The lowest BCUT2D eigenvalue weighted by molar-refractivity contribution is -0.426. The van der Waals surface area contributed by atoms with Gasteiger partial charge in [-0.2, -0.15) is 0 Å². The van der Waals surface area contributed by atoms with E-state index in [9.17, 15) is 0 Å². The Hall–Kier alpha value is -0.120. The summed E-state index contributed by atoms with van der Waals surface area (Å²) in [6.45, 7) is 4.70. The number of hydrogen-bond donors (Lipinski definition) is 0. The van der Waals surface area contributed by atoms with Crippen LogP contribution in [-0.2, 0) is 14.2 Å². The van der Waals surface area contributed by atoms with Crippen LogP contribution in [0.2, 0.25) is 0 Å². The molecule has 0 spiro atoms. The van der Waals surface area contributed by atoms with E-state index in [0.29, 0.717) is 5.92 Å². The molecule has 3 saturated heterocycles. The van der Waals surface area contributed by atoms with Gasteiger partial charge in [0.05, 0.1) is 19.8 Å². The van der Waals surface area contributed by atoms with Crippen LogP contribution in [0.15, 0.2) is 0 Å². The summed E-state index contributed by atoms with van der Waals surface area (Å²) in [5, 5.41) is 0. The van der Waals surface area contributed by atoms with Gasteiger partial charge in [0.2, 0.25) is 0 Å². The predicted octanol–water partition coefficient (Wildman–Crippen LogP) is 3.47. The predicted molar refractivity (Wildman–Crippen MR) is 69.1 cm³/mol. The average molecular weight is 254 g/mol. The van der Waals surface area contributed by atoms with Crippen molar-refractivity contribution in [2.24, 2.45) is 11.3 Å². The van der Waals surface area contributed by atoms with Crippen LogP contribution in [0, 0.1) is 11.3 Å². The maximum Gasteiger partial charge on any atom is 0.285 e. The second-order valence-electron chi connectivity index (χ2n) is 6.36. The minimum absolute atomic E-state index is 0.226. The highest BCUT2D eigenvalue weighted by molar-refractivity contribution is 4.89. The highest BCUT2D eigenvalue weighted by Gasteiger charge is 2.52. The Morgan fingerprint density at radius 1 is 1.00 bits per heavy atom. The van der Waals surface area contributed by atoms with E-state index in [0.717, 1.165) is 26.2 Å². The molecule has 104 valence electrons. The van der Waals surface area contributed by atoms with Gasteiger partial charge in [0.25, 0.3) is 5.97 Å². The van der Waals surface area contributed by atoms with Crippen molar-refractivity contribution in [1.29, 1.82) is 0 Å². The Labute approximate surface area is 110 Å². The molecule has 0 N–H and O–H groups in total. The molecule has 3 heterocycles. The summed E-state index contributed by atoms with van der Waals surface area (Å²) in [6.07, 6.45) is 9.81. The molecule has 0 amide bonds. The molecule has 2 bridgehead atoms. The van der Waals surface area contributed by atoms with Crippen LogP contribution >= 0.6 is 0 Å². The Morgan fingerprint density at radius 3 is 2.39 bits per heavy atom. The molecule has 0 unspecified atom stereocenters. The van der Waals surface area contributed by atoms with Crippen LogP contribution < -0.4 is 0 Å². The van der Waals surface area contributed by atoms with Gasteiger partial charge < -0.3 is 14.2 Å². The maximum absolute atomic E-state index is 6.14. The molecular weight excluding hydrogens is 228 g/mol. The van der Waals surface area contributed by atoms with Crippen molar-refractivity contribution in [3.8, 4) is 0 Å². The van der Waals surface area contributed by atoms with E-state index in [2.05, 4.69) is 6.92 Å². The summed E-state index contributed by atoms with van der Waals surface area (Å²) in [5.41, 5.74) is 0.226. The van der Waals surface area contributed by atoms with E-state index in [1.807, 2.05) is 0 Å². The van der Waals surface area contributed by atoms with Crippen molar-refractivity contribution in [2.75, 3.05) is 19.8 Å². The SMILES string of the molecule is CCCC12CCOC(C3CCCCC3)(OC1)OC2. The lowest BCUT2D eigenvalue weighted by Gasteiger charge is -2.45. The number of fused-ring (bicyclic) bond motifs is 4. The van der Waals surface area contributed by atoms with Crippen LogP contribution in [0.4, 0.5) is 0 Å². The fraction of sp³-hybridized carbons (Fsp3) is 1.00. The fourth-order valence-corrected chi connectivity index (χ4v) is 3.84. The monoisotopic (exact) mass is 254 g/mol. The third kappa shape index (κ3) is 2.21. The molecule has 0 atom stereocenters. The molecule has 0 aromatic heterocycles. The zero-order chi connectivity index (χ0) is 12.5. The Kier molecular flexibility index (Phi) is 3.65. The van der Waals surface area contributed by atoms with Gasteiger partial charge >= 0.3 is 0 Å². The van der Waals surface area contributed by atoms with Gasteiger partial charge in [0, 0.05) is 11.3 Å². The quantitative estimate of drug-likeness (QED) is 0.771. The van der Waals surface area contributed by atoms with Gasteiger partial charge in [-0.15, -0.1) is 0 Å². The molecule has 1 aliphatic carbocycles. The molecule has 1 saturated carbocycles. The zero-order valence-corrected chi connectivity index (χ0v) is 11.6. The number of ether oxygens (including phenoxy) is 3. The second kappa shape index (κ2) is 5.10. The van der Waals surface area contributed by atoms with Crippen molar-refractivity contribution in [3.63, 3.8) is 0 Å². The number of rotatable bonds is 3. The first kappa shape index (κ1) is 12.9. The summed E-state index contributed by atoms with van der Waals surface area (Å²) in [5.74, 6) is -0.238. The molecule has 3 aliphatic heterocycles. The lowest BCUT2D eigenvalue weighted by atomic mass is 9.81. The first-order valence-electron chi connectivity index (χ1n) is 7.70. The highest BCUT2D eigenvalue weighted by atomic mass is 16.9. The molecule has 18 heavy (non-hydrogen) atoms. The highest BCUT2D eigenvalue weighted by Crippen LogP contribution is 2.47. The average Bonchev–Trinajstić information content (AvgIpc) is 2.71. The molecule has 3 nitrogen and oxygen atoms in total. The van der Waals surface area contributed by atoms with Gasteiger partial charge in [-0.1, -0.05) is 32.6 Å². The summed E-state index contributed by atoms with van der Waals surface area (Å²) in [4.78, 5) is 0. The van der Waals surface area contributed by atoms with Gasteiger partial charge in [-0.05, 0) is 25.7 Å². The third-order valence-electron chi connectivity index (χ3n) is 4.98. The number of hydrogen-bond acceptors (Lipinski definition) is 3. The Morgan fingerprint density at radius 2 is 1.72 bits per heavy atom. The first-order valence-corrected chi connectivity index (χ1v) is 7.70. The normalized spacial score (nSPS) is 41.8. The van der Waals surface area contributed by atoms with Crippen LogP contribution in [0.5, 0.6) is 0 Å². The fourth-order valence-electron chi connectivity index (χ4n) is 3.84. The minimum atomic E-state index is -0.686. The zero-order valence-electron chi connectivity index (χ0n) is 11.6. The second-order valence-corrected chi connectivity index (χ2v) is 6.36. The maximum atomic E-state index is 6.14. The summed E-state index contributed by atoms with van der Waals surface area (Å²) in [6, 6.07) is 0. The van der Waals surface area contributed by atoms with Gasteiger partial charge in [-0.3, -0.25) is 0 Å². The molecule has 3 heteroatoms. The van der Waals surface area contributed by atoms with Crippen LogP contribution in [-0.4, -0.2) is 25.8 Å². The Balaban J connectivity index is 1.72. The van der Waals surface area contributed by atoms with Crippen molar-refractivity contribution >= 4 is 0 Å². The van der Waals surface area contributed by atoms with E-state index in [-0.39, 0.29) is 5.41 Å². The van der Waals surface area contributed by atoms with Crippen molar-refractivity contribution in [1.82, 2.24) is 0 Å². The van der Waals surface area contributed by atoms with Crippen molar-refractivity contribution < 1.29 is 14.2 Å². The van der Waals surface area contributed by atoms with E-state index in [1.165, 1.54) is 44.9 Å². The van der Waals surface area contributed by atoms with E-state index >= 15 is 0 Å². The third-order valence-corrected chi connectivity index (χ3v) is 4.98. The topological polar surface area (TPSA) is 27.7 Å². The lowest BCUT2D eigenvalue weighted by Crippen LogP contribution is -2.52. The summed E-state index contributed by atoms with van der Waals surface area (Å²) < 4.78 is 18.3. The summed E-state index contributed by atoms with van der Waals surface area (Å²) in [7, 11) is 0. The van der Waals surface area contributed by atoms with Crippen LogP contribution in [0.25, 0.3) is 0 Å². The molecule has 4 rings (SSSR count). The summed E-state index contributed by atoms with van der Waals surface area (Å²) >= 11 is 0. The van der Waals surface area contributed by atoms with Gasteiger partial charge in [0.15, 0.2) is 0 Å². The van der Waals surface area contributed by atoms with Gasteiger partial charge in [-0.25, -0.2) is 0 Å². The van der Waals surface area contributed by atoms with Crippen molar-refractivity contribution in [2.45, 2.75) is 64.3 Å². The smallest absolute Gasteiger partial charge is 0.285 e. The molecule has 4 aliphatic rings. The molecule has 4 fully saturated rings. The molecule has 0 aromatic rings. The van der Waals surface area contributed by atoms with E-state index in [4.69, 9.17) is 14.2 Å². The minimum Gasteiger partial charge on any atom is -0.327 e. The van der Waals surface area contributed by atoms with E-state index in [1.54, 1.807) is 0 Å². The Bertz CT molecular complexity index is 275. The molecule has 0 aromatic carbocycles. The first-order chi connectivity index (χ1) is 8.79. The van der Waals surface area contributed by atoms with Crippen LogP contribution in [0.3, 0.4) is 0 Å². The largest absolute Gasteiger partial charge is 0.327 e. The van der Waals surface area contributed by atoms with Gasteiger partial charge in [0.1, 0.15) is 0 Å². The van der Waals surface area contributed by atoms with Crippen LogP contribution in [0.1, 0.15) is 58.3 Å².